The second kappa shape index (κ2) is 3.55. The van der Waals surface area contributed by atoms with Crippen LogP contribution >= 0.6 is 0 Å². The van der Waals surface area contributed by atoms with Gasteiger partial charge >= 0.3 is 0 Å². The number of aliphatic hydroxyl groups excluding tert-OH is 2. The molecule has 11 heavy (non-hydrogen) atoms. The highest BCUT2D eigenvalue weighted by Crippen LogP contribution is 2.30. The quantitative estimate of drug-likeness (QED) is 0.601. The van der Waals surface area contributed by atoms with Crippen LogP contribution in [0, 0.1) is 11.8 Å². The second-order valence-corrected chi connectivity index (χ2v) is 3.75. The molecule has 1 aliphatic carbocycles. The molecule has 2 heteroatoms. The van der Waals surface area contributed by atoms with E-state index in [0.29, 0.717) is 5.92 Å². The summed E-state index contributed by atoms with van der Waals surface area (Å²) in [4.78, 5) is 0. The molecule has 1 fully saturated rings. The molecule has 1 aliphatic rings. The molecule has 2 N–H and O–H groups in total. The Labute approximate surface area is 68.2 Å². The number of rotatable bonds is 1. The van der Waals surface area contributed by atoms with Gasteiger partial charge in [-0.05, 0) is 24.7 Å². The van der Waals surface area contributed by atoms with Crippen molar-refractivity contribution >= 4 is 0 Å². The Bertz CT molecular complexity index is 125. The van der Waals surface area contributed by atoms with E-state index in [2.05, 4.69) is 6.92 Å². The van der Waals surface area contributed by atoms with Gasteiger partial charge in [0, 0.05) is 0 Å². The summed E-state index contributed by atoms with van der Waals surface area (Å²) in [6.45, 7) is 4.07. The highest BCUT2D eigenvalue weighted by atomic mass is 16.3. The van der Waals surface area contributed by atoms with Gasteiger partial charge in [-0.1, -0.05) is 20.3 Å². The molecule has 66 valence electrons. The smallest absolute Gasteiger partial charge is 0.0572 e. The molecule has 0 spiro atoms. The summed E-state index contributed by atoms with van der Waals surface area (Å²) in [6.07, 6.45) is 2.14. The summed E-state index contributed by atoms with van der Waals surface area (Å²) >= 11 is 0. The fourth-order valence-electron chi connectivity index (χ4n) is 1.87. The summed E-state index contributed by atoms with van der Waals surface area (Å²) < 4.78 is 0. The molecule has 0 aliphatic heterocycles. The molecule has 0 amide bonds. The van der Waals surface area contributed by atoms with E-state index < -0.39 is 0 Å². The van der Waals surface area contributed by atoms with E-state index in [4.69, 9.17) is 0 Å². The Morgan fingerprint density at radius 2 is 1.82 bits per heavy atom. The third-order valence-corrected chi connectivity index (χ3v) is 2.88. The predicted molar refractivity (Wildman–Crippen MR) is 44.2 cm³/mol. The van der Waals surface area contributed by atoms with Crippen molar-refractivity contribution in [3.05, 3.63) is 0 Å². The van der Waals surface area contributed by atoms with Gasteiger partial charge in [-0.15, -0.1) is 0 Å². The van der Waals surface area contributed by atoms with Crippen molar-refractivity contribution in [2.75, 3.05) is 0 Å². The Kier molecular flexibility index (Phi) is 2.90. The van der Waals surface area contributed by atoms with Gasteiger partial charge in [-0.2, -0.15) is 0 Å². The topological polar surface area (TPSA) is 40.5 Å². The van der Waals surface area contributed by atoms with E-state index in [9.17, 15) is 10.2 Å². The largest absolute Gasteiger partial charge is 0.393 e. The van der Waals surface area contributed by atoms with E-state index in [1.165, 1.54) is 0 Å². The molecule has 0 saturated heterocycles. The molecule has 0 aromatic heterocycles. The molecular formula is C9H18O2. The molecule has 0 aromatic carbocycles. The van der Waals surface area contributed by atoms with Crippen molar-refractivity contribution in [1.29, 1.82) is 0 Å². The summed E-state index contributed by atoms with van der Waals surface area (Å²) in [7, 11) is 0. The molecule has 0 radical (unpaired) electrons. The highest BCUT2D eigenvalue weighted by Gasteiger charge is 2.31. The fraction of sp³-hybridized carbons (Fsp3) is 1.00. The van der Waals surface area contributed by atoms with Crippen molar-refractivity contribution in [3.63, 3.8) is 0 Å². The molecular weight excluding hydrogens is 140 g/mol. The first-order valence-corrected chi connectivity index (χ1v) is 4.51. The summed E-state index contributed by atoms with van der Waals surface area (Å²) in [6, 6.07) is 0. The summed E-state index contributed by atoms with van der Waals surface area (Å²) in [5.74, 6) is 0.592. The molecule has 1 saturated carbocycles. The third kappa shape index (κ3) is 1.94. The molecule has 1 rings (SSSR count). The summed E-state index contributed by atoms with van der Waals surface area (Å²) in [5, 5.41) is 19.0. The Morgan fingerprint density at radius 1 is 1.18 bits per heavy atom. The van der Waals surface area contributed by atoms with Gasteiger partial charge in [0.1, 0.15) is 0 Å². The van der Waals surface area contributed by atoms with Crippen LogP contribution in [0.2, 0.25) is 0 Å². The van der Waals surface area contributed by atoms with Gasteiger partial charge in [0.05, 0.1) is 12.2 Å². The van der Waals surface area contributed by atoms with Crippen LogP contribution in [0.1, 0.15) is 33.1 Å². The minimum atomic E-state index is -0.191. The van der Waals surface area contributed by atoms with E-state index in [1.54, 1.807) is 0 Å². The van der Waals surface area contributed by atoms with E-state index in [1.807, 2.05) is 6.92 Å². The van der Waals surface area contributed by atoms with E-state index in [-0.39, 0.29) is 18.1 Å². The minimum absolute atomic E-state index is 0.182. The maximum atomic E-state index is 9.55. The van der Waals surface area contributed by atoms with Crippen molar-refractivity contribution < 1.29 is 10.2 Å². The highest BCUT2D eigenvalue weighted by molar-refractivity contribution is 4.82. The van der Waals surface area contributed by atoms with Crippen molar-refractivity contribution in [1.82, 2.24) is 0 Å². The third-order valence-electron chi connectivity index (χ3n) is 2.88. The van der Waals surface area contributed by atoms with Crippen LogP contribution < -0.4 is 0 Å². The van der Waals surface area contributed by atoms with Crippen LogP contribution in [0.3, 0.4) is 0 Å². The van der Waals surface area contributed by atoms with E-state index >= 15 is 0 Å². The number of hydrogen-bond donors (Lipinski definition) is 2. The zero-order valence-corrected chi connectivity index (χ0v) is 7.33. The molecule has 0 aromatic rings. The molecule has 4 atom stereocenters. The maximum Gasteiger partial charge on any atom is 0.0572 e. The average molecular weight is 158 g/mol. The van der Waals surface area contributed by atoms with Gasteiger partial charge in [0.15, 0.2) is 0 Å². The molecule has 0 heterocycles. The molecule has 4 unspecified atom stereocenters. The van der Waals surface area contributed by atoms with Crippen LogP contribution in [-0.4, -0.2) is 22.4 Å². The number of hydrogen-bond acceptors (Lipinski definition) is 2. The van der Waals surface area contributed by atoms with Gasteiger partial charge in [-0.3, -0.25) is 0 Å². The minimum Gasteiger partial charge on any atom is -0.393 e. The first-order valence-electron chi connectivity index (χ1n) is 4.51. The average Bonchev–Trinajstić information content (AvgIpc) is 1.97. The van der Waals surface area contributed by atoms with Crippen LogP contribution in [0.4, 0.5) is 0 Å². The van der Waals surface area contributed by atoms with Gasteiger partial charge in [0.2, 0.25) is 0 Å². The zero-order valence-electron chi connectivity index (χ0n) is 7.33. The normalized spacial score (nSPS) is 45.8. The predicted octanol–water partition coefficient (Wildman–Crippen LogP) is 1.16. The lowest BCUT2D eigenvalue weighted by Crippen LogP contribution is -2.36. The van der Waals surface area contributed by atoms with Crippen molar-refractivity contribution in [2.45, 2.75) is 45.3 Å². The van der Waals surface area contributed by atoms with Crippen LogP contribution in [0.5, 0.6) is 0 Å². The SMILES string of the molecule is CCC1CC(O)C(C)CC1O. The Balaban J connectivity index is 2.48. The van der Waals surface area contributed by atoms with Gasteiger partial charge < -0.3 is 10.2 Å². The van der Waals surface area contributed by atoms with Gasteiger partial charge in [0.25, 0.3) is 0 Å². The lowest BCUT2D eigenvalue weighted by Gasteiger charge is -2.34. The zero-order chi connectivity index (χ0) is 8.43. The van der Waals surface area contributed by atoms with Crippen molar-refractivity contribution in [3.8, 4) is 0 Å². The van der Waals surface area contributed by atoms with Crippen LogP contribution in [0.15, 0.2) is 0 Å². The molecule has 2 nitrogen and oxygen atoms in total. The van der Waals surface area contributed by atoms with Crippen LogP contribution in [-0.2, 0) is 0 Å². The first-order chi connectivity index (χ1) is 5.15. The lowest BCUT2D eigenvalue weighted by atomic mass is 9.77. The maximum absolute atomic E-state index is 9.55. The first kappa shape index (κ1) is 9.01. The Morgan fingerprint density at radius 3 is 2.36 bits per heavy atom. The second-order valence-electron chi connectivity index (χ2n) is 3.75. The lowest BCUT2D eigenvalue weighted by molar-refractivity contribution is -0.0275. The summed E-state index contributed by atoms with van der Waals surface area (Å²) in [5.41, 5.74) is 0. The van der Waals surface area contributed by atoms with Crippen molar-refractivity contribution in [2.24, 2.45) is 11.8 Å². The monoisotopic (exact) mass is 158 g/mol. The Hall–Kier alpha value is -0.0800. The molecule has 0 bridgehead atoms. The van der Waals surface area contributed by atoms with Crippen LogP contribution in [0.25, 0.3) is 0 Å². The van der Waals surface area contributed by atoms with E-state index in [0.717, 1.165) is 19.3 Å². The fourth-order valence-corrected chi connectivity index (χ4v) is 1.87. The van der Waals surface area contributed by atoms with Gasteiger partial charge in [-0.25, -0.2) is 0 Å². The number of aliphatic hydroxyl groups is 2. The standard InChI is InChI=1S/C9H18O2/c1-3-7-5-8(10)6(2)4-9(7)11/h6-11H,3-5H2,1-2H3.